The number of rotatable bonds is 15. The molecule has 0 unspecified atom stereocenters. The summed E-state index contributed by atoms with van der Waals surface area (Å²) in [5, 5.41) is 8.53. The number of aliphatic carboxylic acids is 1. The number of hydrogen-bond donors (Lipinski definition) is 1. The summed E-state index contributed by atoms with van der Waals surface area (Å²) in [6.07, 6.45) is 17.9. The SMILES string of the molecule is CC[C@H]1O[C@H]1CCCCCCCCCCCCCC(=O)O. The minimum absolute atomic E-state index is 0.338. The summed E-state index contributed by atoms with van der Waals surface area (Å²) >= 11 is 0. The highest BCUT2D eigenvalue weighted by atomic mass is 16.6. The third kappa shape index (κ3) is 10.8. The predicted molar refractivity (Wildman–Crippen MR) is 86.6 cm³/mol. The molecule has 1 heterocycles. The number of unbranched alkanes of at least 4 members (excludes halogenated alkanes) is 10. The molecule has 0 bridgehead atoms. The highest BCUT2D eigenvalue weighted by molar-refractivity contribution is 5.66. The number of epoxide rings is 1. The second-order valence-corrected chi connectivity index (χ2v) is 6.44. The van der Waals surface area contributed by atoms with Crippen molar-refractivity contribution in [2.24, 2.45) is 0 Å². The fraction of sp³-hybridized carbons (Fsp3) is 0.944. The lowest BCUT2D eigenvalue weighted by atomic mass is 10.0. The van der Waals surface area contributed by atoms with Crippen molar-refractivity contribution in [1.82, 2.24) is 0 Å². The third-order valence-electron chi connectivity index (χ3n) is 4.47. The Balaban J connectivity index is 1.66. The van der Waals surface area contributed by atoms with E-state index in [1.165, 1.54) is 70.6 Å². The van der Waals surface area contributed by atoms with E-state index in [0.717, 1.165) is 12.8 Å². The minimum atomic E-state index is -0.659. The van der Waals surface area contributed by atoms with Gasteiger partial charge in [0.15, 0.2) is 0 Å². The highest BCUT2D eigenvalue weighted by Gasteiger charge is 2.35. The van der Waals surface area contributed by atoms with Gasteiger partial charge >= 0.3 is 5.97 Å². The van der Waals surface area contributed by atoms with Crippen LogP contribution in [0.25, 0.3) is 0 Å². The van der Waals surface area contributed by atoms with Crippen LogP contribution in [0.1, 0.15) is 96.8 Å². The molecule has 21 heavy (non-hydrogen) atoms. The van der Waals surface area contributed by atoms with Gasteiger partial charge in [0.05, 0.1) is 12.2 Å². The molecule has 124 valence electrons. The maximum absolute atomic E-state index is 10.3. The Labute approximate surface area is 130 Å². The molecule has 0 saturated carbocycles. The molecular formula is C18H34O3. The number of hydrogen-bond acceptors (Lipinski definition) is 2. The van der Waals surface area contributed by atoms with Crippen LogP contribution in [0.3, 0.4) is 0 Å². The monoisotopic (exact) mass is 298 g/mol. The molecule has 0 aromatic carbocycles. The van der Waals surface area contributed by atoms with Crippen LogP contribution in [0.4, 0.5) is 0 Å². The quantitative estimate of drug-likeness (QED) is 0.329. The lowest BCUT2D eigenvalue weighted by Gasteiger charge is -2.02. The zero-order valence-electron chi connectivity index (χ0n) is 13.8. The summed E-state index contributed by atoms with van der Waals surface area (Å²) in [5.74, 6) is -0.659. The van der Waals surface area contributed by atoms with Crippen LogP contribution >= 0.6 is 0 Å². The molecule has 0 radical (unpaired) electrons. The Hall–Kier alpha value is -0.570. The van der Waals surface area contributed by atoms with Crippen molar-refractivity contribution in [2.75, 3.05) is 0 Å². The number of carboxylic acids is 1. The van der Waals surface area contributed by atoms with Crippen molar-refractivity contribution < 1.29 is 14.6 Å². The molecule has 2 atom stereocenters. The Kier molecular flexibility index (Phi) is 10.6. The summed E-state index contributed by atoms with van der Waals surface area (Å²) in [4.78, 5) is 10.3. The molecule has 3 heteroatoms. The van der Waals surface area contributed by atoms with E-state index in [2.05, 4.69) is 6.92 Å². The van der Waals surface area contributed by atoms with E-state index in [-0.39, 0.29) is 0 Å². The van der Waals surface area contributed by atoms with Gasteiger partial charge in [-0.2, -0.15) is 0 Å². The number of carbonyl (C=O) groups is 1. The highest BCUT2D eigenvalue weighted by Crippen LogP contribution is 2.29. The van der Waals surface area contributed by atoms with Gasteiger partial charge in [0.1, 0.15) is 0 Å². The van der Waals surface area contributed by atoms with Crippen molar-refractivity contribution in [2.45, 2.75) is 109 Å². The van der Waals surface area contributed by atoms with E-state index in [9.17, 15) is 4.79 Å². The van der Waals surface area contributed by atoms with Gasteiger partial charge in [-0.05, 0) is 19.3 Å². The lowest BCUT2D eigenvalue weighted by molar-refractivity contribution is -0.137. The molecule has 1 saturated heterocycles. The first-order chi connectivity index (χ1) is 10.2. The maximum atomic E-state index is 10.3. The van der Waals surface area contributed by atoms with Gasteiger partial charge in [-0.15, -0.1) is 0 Å². The lowest BCUT2D eigenvalue weighted by Crippen LogP contribution is -1.93. The largest absolute Gasteiger partial charge is 0.481 e. The standard InChI is InChI=1S/C18H34O3/c1-2-16-17(21-16)14-12-10-8-6-4-3-5-7-9-11-13-15-18(19)20/h16-17H,2-15H2,1H3,(H,19,20)/t16-,17+/m1/s1. The average molecular weight is 298 g/mol. The van der Waals surface area contributed by atoms with Gasteiger partial charge in [0.25, 0.3) is 0 Å². The van der Waals surface area contributed by atoms with Gasteiger partial charge in [-0.3, -0.25) is 4.79 Å². The van der Waals surface area contributed by atoms with Gasteiger partial charge in [-0.1, -0.05) is 71.1 Å². The van der Waals surface area contributed by atoms with Crippen LogP contribution in [0.15, 0.2) is 0 Å². The van der Waals surface area contributed by atoms with Gasteiger partial charge in [-0.25, -0.2) is 0 Å². The first kappa shape index (κ1) is 18.5. The fourth-order valence-electron chi connectivity index (χ4n) is 3.00. The molecule has 3 nitrogen and oxygen atoms in total. The molecule has 0 aliphatic carbocycles. The number of carboxylic acid groups (broad SMARTS) is 1. The van der Waals surface area contributed by atoms with Gasteiger partial charge in [0.2, 0.25) is 0 Å². The van der Waals surface area contributed by atoms with Crippen LogP contribution in [-0.4, -0.2) is 23.3 Å². The normalized spacial score (nSPS) is 20.6. The summed E-state index contributed by atoms with van der Waals surface area (Å²) in [7, 11) is 0. The zero-order chi connectivity index (χ0) is 15.3. The molecule has 0 amide bonds. The van der Waals surface area contributed by atoms with Crippen molar-refractivity contribution in [3.05, 3.63) is 0 Å². The molecular weight excluding hydrogens is 264 g/mol. The first-order valence-corrected chi connectivity index (χ1v) is 9.11. The molecule has 1 aliphatic rings. The van der Waals surface area contributed by atoms with E-state index in [1.54, 1.807) is 0 Å². The molecule has 1 fully saturated rings. The molecule has 1 aliphatic heterocycles. The maximum Gasteiger partial charge on any atom is 0.303 e. The zero-order valence-corrected chi connectivity index (χ0v) is 13.8. The van der Waals surface area contributed by atoms with E-state index < -0.39 is 5.97 Å². The Morgan fingerprint density at radius 2 is 1.29 bits per heavy atom. The smallest absolute Gasteiger partial charge is 0.303 e. The molecule has 1 N–H and O–H groups in total. The molecule has 0 aromatic rings. The van der Waals surface area contributed by atoms with Crippen molar-refractivity contribution in [1.29, 1.82) is 0 Å². The fourth-order valence-corrected chi connectivity index (χ4v) is 3.00. The van der Waals surface area contributed by atoms with Gasteiger partial charge < -0.3 is 9.84 Å². The van der Waals surface area contributed by atoms with Crippen LogP contribution in [0.5, 0.6) is 0 Å². The minimum Gasteiger partial charge on any atom is -0.481 e. The molecule has 0 aromatic heterocycles. The molecule has 0 spiro atoms. The van der Waals surface area contributed by atoms with Crippen LogP contribution in [0.2, 0.25) is 0 Å². The summed E-state index contributed by atoms with van der Waals surface area (Å²) < 4.78 is 5.55. The second kappa shape index (κ2) is 12.0. The predicted octanol–water partition coefficient (Wildman–Crippen LogP) is 5.32. The number of ether oxygens (including phenoxy) is 1. The molecule has 1 rings (SSSR count). The van der Waals surface area contributed by atoms with Crippen molar-refractivity contribution in [3.8, 4) is 0 Å². The third-order valence-corrected chi connectivity index (χ3v) is 4.47. The Morgan fingerprint density at radius 1 is 0.810 bits per heavy atom. The first-order valence-electron chi connectivity index (χ1n) is 9.11. The Bertz CT molecular complexity index is 265. The van der Waals surface area contributed by atoms with Crippen LogP contribution in [-0.2, 0) is 9.53 Å². The average Bonchev–Trinajstić information content (AvgIpc) is 3.22. The van der Waals surface area contributed by atoms with Gasteiger partial charge in [0, 0.05) is 6.42 Å². The van der Waals surface area contributed by atoms with E-state index in [4.69, 9.17) is 9.84 Å². The van der Waals surface area contributed by atoms with E-state index in [0.29, 0.717) is 18.6 Å². The van der Waals surface area contributed by atoms with Crippen LogP contribution < -0.4 is 0 Å². The van der Waals surface area contributed by atoms with Crippen LogP contribution in [0, 0.1) is 0 Å². The van der Waals surface area contributed by atoms with E-state index in [1.807, 2.05) is 0 Å². The Morgan fingerprint density at radius 3 is 1.71 bits per heavy atom. The van der Waals surface area contributed by atoms with E-state index >= 15 is 0 Å². The van der Waals surface area contributed by atoms with Crippen molar-refractivity contribution in [3.63, 3.8) is 0 Å². The summed E-state index contributed by atoms with van der Waals surface area (Å²) in [5.41, 5.74) is 0. The second-order valence-electron chi connectivity index (χ2n) is 6.44. The van der Waals surface area contributed by atoms with Crippen molar-refractivity contribution >= 4 is 5.97 Å². The summed E-state index contributed by atoms with van der Waals surface area (Å²) in [6, 6.07) is 0. The summed E-state index contributed by atoms with van der Waals surface area (Å²) in [6.45, 7) is 2.21. The topological polar surface area (TPSA) is 49.8 Å².